The molecule has 0 aliphatic rings. The normalized spacial score (nSPS) is 11.4. The van der Waals surface area contributed by atoms with Crippen LogP contribution in [-0.4, -0.2) is 42.2 Å². The van der Waals surface area contributed by atoms with Crippen LogP contribution in [0.3, 0.4) is 0 Å². The first-order valence-electron chi connectivity index (χ1n) is 9.55. The summed E-state index contributed by atoms with van der Waals surface area (Å²) in [7, 11) is 3.43. The molecule has 0 radical (unpaired) electrons. The minimum absolute atomic E-state index is 0.104. The van der Waals surface area contributed by atoms with Gasteiger partial charge in [-0.1, -0.05) is 32.0 Å². The molecule has 0 saturated heterocycles. The molecule has 0 fully saturated rings. The molecule has 0 saturated carbocycles. The number of benzene rings is 2. The molecule has 2 aromatic carbocycles. The van der Waals surface area contributed by atoms with Gasteiger partial charge < -0.3 is 14.7 Å². The van der Waals surface area contributed by atoms with Crippen LogP contribution in [0.1, 0.15) is 31.9 Å². The number of hydrogen-bond acceptors (Lipinski definition) is 5. The van der Waals surface area contributed by atoms with Crippen molar-refractivity contribution in [2.75, 3.05) is 20.7 Å². The fourth-order valence-electron chi connectivity index (χ4n) is 2.30. The quantitative estimate of drug-likeness (QED) is 0.286. The SMILES string of the molecule is CC.CCN(C)C(=Nc1ccccc1)S/C(C=O)=C\c1cc(C)c(O)c(OC)c1. The van der Waals surface area contributed by atoms with Gasteiger partial charge in [0.2, 0.25) is 0 Å². The summed E-state index contributed by atoms with van der Waals surface area (Å²) in [6.07, 6.45) is 2.57. The van der Waals surface area contributed by atoms with E-state index >= 15 is 0 Å². The van der Waals surface area contributed by atoms with Crippen LogP contribution in [0, 0.1) is 6.92 Å². The molecule has 0 heterocycles. The summed E-state index contributed by atoms with van der Waals surface area (Å²) in [5.41, 5.74) is 2.28. The Morgan fingerprint density at radius 3 is 2.45 bits per heavy atom. The maximum absolute atomic E-state index is 11.7. The summed E-state index contributed by atoms with van der Waals surface area (Å²) in [4.78, 5) is 18.8. The van der Waals surface area contributed by atoms with E-state index < -0.39 is 0 Å². The fraction of sp³-hybridized carbons (Fsp3) is 0.304. The average Bonchev–Trinajstić information content (AvgIpc) is 2.76. The van der Waals surface area contributed by atoms with Crippen LogP contribution in [0.4, 0.5) is 5.69 Å². The van der Waals surface area contributed by atoms with Gasteiger partial charge in [-0.15, -0.1) is 0 Å². The van der Waals surface area contributed by atoms with Crippen LogP contribution in [0.2, 0.25) is 0 Å². The number of phenolic OH excluding ortho intramolecular Hbond substituents is 1. The van der Waals surface area contributed by atoms with Crippen LogP contribution >= 0.6 is 11.8 Å². The lowest BCUT2D eigenvalue weighted by Crippen LogP contribution is -2.23. The van der Waals surface area contributed by atoms with Gasteiger partial charge in [-0.25, -0.2) is 4.99 Å². The Morgan fingerprint density at radius 2 is 1.90 bits per heavy atom. The number of carbonyl (C=O) groups excluding carboxylic acids is 1. The summed E-state index contributed by atoms with van der Waals surface area (Å²) < 4.78 is 5.19. The maximum atomic E-state index is 11.7. The zero-order chi connectivity index (χ0) is 21.8. The molecule has 5 nitrogen and oxygen atoms in total. The largest absolute Gasteiger partial charge is 0.504 e. The second-order valence-corrected chi connectivity index (χ2v) is 6.94. The Hall–Kier alpha value is -2.73. The minimum Gasteiger partial charge on any atom is -0.504 e. The third-order valence-electron chi connectivity index (χ3n) is 3.92. The van der Waals surface area contributed by atoms with Crippen LogP contribution in [0.5, 0.6) is 11.5 Å². The number of thioether (sulfide) groups is 1. The molecule has 6 heteroatoms. The Balaban J connectivity index is 0.00000204. The number of methoxy groups -OCH3 is 1. The summed E-state index contributed by atoms with van der Waals surface area (Å²) in [6.45, 7) is 8.58. The van der Waals surface area contributed by atoms with Crippen molar-refractivity contribution >= 4 is 35.0 Å². The van der Waals surface area contributed by atoms with Gasteiger partial charge in [-0.3, -0.25) is 4.79 Å². The molecule has 156 valence electrons. The number of aryl methyl sites for hydroxylation is 1. The average molecular weight is 415 g/mol. The van der Waals surface area contributed by atoms with Crippen molar-refractivity contribution in [3.05, 3.63) is 58.5 Å². The highest BCUT2D eigenvalue weighted by molar-refractivity contribution is 8.17. The monoisotopic (exact) mass is 414 g/mol. The molecule has 2 aromatic rings. The number of rotatable bonds is 6. The van der Waals surface area contributed by atoms with Gasteiger partial charge in [0.1, 0.15) is 0 Å². The second kappa shape index (κ2) is 12.7. The number of amidine groups is 1. The van der Waals surface area contributed by atoms with E-state index in [1.165, 1.54) is 18.9 Å². The molecule has 29 heavy (non-hydrogen) atoms. The predicted octanol–water partition coefficient (Wildman–Crippen LogP) is 5.65. The Kier molecular flexibility index (Phi) is 10.6. The number of nitrogens with zero attached hydrogens (tertiary/aromatic N) is 2. The number of hydrogen-bond donors (Lipinski definition) is 1. The molecule has 0 aliphatic carbocycles. The molecular formula is C23H30N2O3S. The lowest BCUT2D eigenvalue weighted by atomic mass is 10.1. The van der Waals surface area contributed by atoms with Gasteiger partial charge in [-0.05, 0) is 67.1 Å². The third kappa shape index (κ3) is 7.31. The number of aliphatic imine (C=N–C) groups is 1. The summed E-state index contributed by atoms with van der Waals surface area (Å²) in [5.74, 6) is 0.479. The molecule has 0 unspecified atom stereocenters. The van der Waals surface area contributed by atoms with Gasteiger partial charge in [0.25, 0.3) is 0 Å². The standard InChI is InChI=1S/C21H24N2O3S.C2H6/c1-5-23(3)21(22-17-9-7-6-8-10-17)27-18(14-24)12-16-11-15(2)20(25)19(13-16)26-4;1-2/h6-14,25H,5H2,1-4H3;1-2H3/b18-12-,22-21?;. The van der Waals surface area contributed by atoms with Crippen LogP contribution in [0.25, 0.3) is 6.08 Å². The lowest BCUT2D eigenvalue weighted by molar-refractivity contribution is -0.104. The van der Waals surface area contributed by atoms with Gasteiger partial charge in [-0.2, -0.15) is 0 Å². The molecule has 0 aromatic heterocycles. The topological polar surface area (TPSA) is 62.1 Å². The van der Waals surface area contributed by atoms with E-state index in [2.05, 4.69) is 4.99 Å². The van der Waals surface area contributed by atoms with E-state index in [9.17, 15) is 9.90 Å². The first kappa shape index (κ1) is 24.3. The first-order chi connectivity index (χ1) is 14.0. The number of allylic oxidation sites excluding steroid dienone is 1. The second-order valence-electron chi connectivity index (χ2n) is 5.90. The first-order valence-corrected chi connectivity index (χ1v) is 10.4. The van der Waals surface area contributed by atoms with E-state index in [1.807, 2.05) is 63.1 Å². The van der Waals surface area contributed by atoms with E-state index in [-0.39, 0.29) is 5.75 Å². The van der Waals surface area contributed by atoms with Crippen molar-refractivity contribution < 1.29 is 14.6 Å². The Morgan fingerprint density at radius 1 is 1.24 bits per heavy atom. The predicted molar refractivity (Wildman–Crippen MR) is 124 cm³/mol. The molecule has 2 rings (SSSR count). The number of aromatic hydroxyl groups is 1. The smallest absolute Gasteiger partial charge is 0.169 e. The van der Waals surface area contributed by atoms with Crippen molar-refractivity contribution in [3.8, 4) is 11.5 Å². The van der Waals surface area contributed by atoms with Crippen molar-refractivity contribution in [1.82, 2.24) is 4.90 Å². The number of para-hydroxylation sites is 1. The Labute approximate surface area is 178 Å². The Bertz CT molecular complexity index is 849. The minimum atomic E-state index is 0.104. The molecule has 0 spiro atoms. The number of ether oxygens (including phenoxy) is 1. The highest BCUT2D eigenvalue weighted by Crippen LogP contribution is 2.32. The van der Waals surface area contributed by atoms with Gasteiger partial charge >= 0.3 is 0 Å². The summed E-state index contributed by atoms with van der Waals surface area (Å²) in [6, 6.07) is 13.1. The highest BCUT2D eigenvalue weighted by atomic mass is 32.2. The van der Waals surface area contributed by atoms with Crippen LogP contribution < -0.4 is 4.74 Å². The molecule has 0 amide bonds. The number of aldehydes is 1. The number of carbonyl (C=O) groups is 1. The zero-order valence-electron chi connectivity index (χ0n) is 18.0. The maximum Gasteiger partial charge on any atom is 0.169 e. The fourth-order valence-corrected chi connectivity index (χ4v) is 3.19. The molecule has 0 aliphatic heterocycles. The van der Waals surface area contributed by atoms with Gasteiger partial charge in [0.05, 0.1) is 17.7 Å². The molecule has 0 bridgehead atoms. The van der Waals surface area contributed by atoms with Crippen LogP contribution in [-0.2, 0) is 4.79 Å². The van der Waals surface area contributed by atoms with Crippen molar-refractivity contribution in [3.63, 3.8) is 0 Å². The molecule has 0 atom stereocenters. The van der Waals surface area contributed by atoms with Crippen LogP contribution in [0.15, 0.2) is 52.4 Å². The molecular weight excluding hydrogens is 384 g/mol. The zero-order valence-corrected chi connectivity index (χ0v) is 18.8. The van der Waals surface area contributed by atoms with E-state index in [0.29, 0.717) is 16.2 Å². The number of phenols is 1. The van der Waals surface area contributed by atoms with Gasteiger partial charge in [0, 0.05) is 13.6 Å². The van der Waals surface area contributed by atoms with Gasteiger partial charge in [0.15, 0.2) is 23.0 Å². The lowest BCUT2D eigenvalue weighted by Gasteiger charge is -2.18. The van der Waals surface area contributed by atoms with E-state index in [4.69, 9.17) is 4.74 Å². The van der Waals surface area contributed by atoms with Crippen molar-refractivity contribution in [2.45, 2.75) is 27.7 Å². The molecule has 1 N–H and O–H groups in total. The summed E-state index contributed by atoms with van der Waals surface area (Å²) in [5, 5.41) is 10.7. The van der Waals surface area contributed by atoms with E-state index in [1.54, 1.807) is 25.1 Å². The highest BCUT2D eigenvalue weighted by Gasteiger charge is 2.12. The van der Waals surface area contributed by atoms with E-state index in [0.717, 1.165) is 29.2 Å². The van der Waals surface area contributed by atoms with Crippen molar-refractivity contribution in [2.24, 2.45) is 4.99 Å². The third-order valence-corrected chi connectivity index (χ3v) is 4.96. The summed E-state index contributed by atoms with van der Waals surface area (Å²) >= 11 is 1.30. The van der Waals surface area contributed by atoms with Crippen molar-refractivity contribution in [1.29, 1.82) is 0 Å².